The Bertz CT molecular complexity index is 193. The Morgan fingerprint density at radius 1 is 1.46 bits per heavy atom. The molecule has 0 radical (unpaired) electrons. The van der Waals surface area contributed by atoms with Crippen LogP contribution in [-0.2, 0) is 0 Å². The first-order valence-corrected chi connectivity index (χ1v) is 4.08. The molecule has 1 rings (SSSR count). The summed E-state index contributed by atoms with van der Waals surface area (Å²) >= 11 is 0. The molecule has 0 aromatic carbocycles. The maximum atomic E-state index is 11.7. The van der Waals surface area contributed by atoms with Crippen LogP contribution in [0.1, 0.15) is 12.8 Å². The topological polar surface area (TPSA) is 32.3 Å². The quantitative estimate of drug-likeness (QED) is 0.726. The van der Waals surface area contributed by atoms with Gasteiger partial charge in [-0.15, -0.1) is 0 Å². The van der Waals surface area contributed by atoms with E-state index in [1.54, 1.807) is 0 Å². The van der Waals surface area contributed by atoms with Gasteiger partial charge < -0.3 is 10.2 Å². The van der Waals surface area contributed by atoms with E-state index in [2.05, 4.69) is 5.32 Å². The normalized spacial score (nSPS) is 17.8. The zero-order valence-corrected chi connectivity index (χ0v) is 7.02. The van der Waals surface area contributed by atoms with E-state index in [-0.39, 0.29) is 19.0 Å². The molecule has 76 valence electrons. The molecule has 1 aliphatic rings. The summed E-state index contributed by atoms with van der Waals surface area (Å²) in [6, 6.07) is -0.262. The van der Waals surface area contributed by atoms with Crippen molar-refractivity contribution in [3.63, 3.8) is 0 Å². The average Bonchev–Trinajstić information content (AvgIpc) is 2.34. The van der Waals surface area contributed by atoms with Gasteiger partial charge in [-0.25, -0.2) is 4.79 Å². The summed E-state index contributed by atoms with van der Waals surface area (Å²) in [7, 11) is 0. The van der Waals surface area contributed by atoms with E-state index in [0.717, 1.165) is 0 Å². The van der Waals surface area contributed by atoms with Crippen molar-refractivity contribution in [3.8, 4) is 0 Å². The first-order chi connectivity index (χ1) is 5.99. The number of nitrogens with zero attached hydrogens (tertiary/aromatic N) is 1. The van der Waals surface area contributed by atoms with Gasteiger partial charge in [-0.2, -0.15) is 13.2 Å². The molecule has 13 heavy (non-hydrogen) atoms. The van der Waals surface area contributed by atoms with Gasteiger partial charge in [0.2, 0.25) is 0 Å². The predicted molar refractivity (Wildman–Crippen MR) is 40.3 cm³/mol. The van der Waals surface area contributed by atoms with E-state index >= 15 is 0 Å². The van der Waals surface area contributed by atoms with Crippen LogP contribution < -0.4 is 5.32 Å². The molecule has 1 aliphatic heterocycles. The molecule has 0 aromatic heterocycles. The third-order valence-corrected chi connectivity index (χ3v) is 1.83. The molecule has 0 aromatic rings. The number of halogens is 3. The van der Waals surface area contributed by atoms with E-state index in [4.69, 9.17) is 0 Å². The highest BCUT2D eigenvalue weighted by molar-refractivity contribution is 5.76. The predicted octanol–water partition coefficient (Wildman–Crippen LogP) is 1.35. The molecule has 0 aliphatic carbocycles. The lowest BCUT2D eigenvalue weighted by Gasteiger charge is -2.14. The van der Waals surface area contributed by atoms with Crippen LogP contribution in [0.4, 0.5) is 18.0 Å². The van der Waals surface area contributed by atoms with Crippen LogP contribution in [0.2, 0.25) is 0 Å². The van der Waals surface area contributed by atoms with Gasteiger partial charge in [-0.1, -0.05) is 0 Å². The highest BCUT2D eigenvalue weighted by atomic mass is 19.4. The van der Waals surface area contributed by atoms with Crippen LogP contribution >= 0.6 is 0 Å². The molecule has 0 unspecified atom stereocenters. The number of urea groups is 1. The van der Waals surface area contributed by atoms with Gasteiger partial charge in [0.05, 0.1) is 0 Å². The maximum Gasteiger partial charge on any atom is 0.389 e. The van der Waals surface area contributed by atoms with Gasteiger partial charge in [0.25, 0.3) is 0 Å². The largest absolute Gasteiger partial charge is 0.389 e. The molecule has 1 heterocycles. The Kier molecular flexibility index (Phi) is 3.00. The fraction of sp³-hybridized carbons (Fsp3) is 0.857. The Balaban J connectivity index is 2.16. The second-order valence-corrected chi connectivity index (χ2v) is 2.94. The molecule has 2 amide bonds. The van der Waals surface area contributed by atoms with E-state index in [9.17, 15) is 18.0 Å². The zero-order valence-electron chi connectivity index (χ0n) is 7.02. The number of hydrogen-bond donors (Lipinski definition) is 1. The summed E-state index contributed by atoms with van der Waals surface area (Å²) in [5.74, 6) is 0. The number of alkyl halides is 3. The van der Waals surface area contributed by atoms with Crippen molar-refractivity contribution in [3.05, 3.63) is 0 Å². The fourth-order valence-corrected chi connectivity index (χ4v) is 1.19. The summed E-state index contributed by atoms with van der Waals surface area (Å²) in [6.45, 7) is 1.23. The van der Waals surface area contributed by atoms with E-state index in [1.165, 1.54) is 4.90 Å². The third-order valence-electron chi connectivity index (χ3n) is 1.83. The second-order valence-electron chi connectivity index (χ2n) is 2.94. The lowest BCUT2D eigenvalue weighted by atomic mass is 10.3. The van der Waals surface area contributed by atoms with Crippen LogP contribution in [-0.4, -0.2) is 36.7 Å². The van der Waals surface area contributed by atoms with E-state index in [0.29, 0.717) is 13.1 Å². The van der Waals surface area contributed by atoms with Crippen molar-refractivity contribution < 1.29 is 18.0 Å². The van der Waals surface area contributed by atoms with E-state index < -0.39 is 12.6 Å². The van der Waals surface area contributed by atoms with Gasteiger partial charge in [-0.05, 0) is 6.42 Å². The lowest BCUT2D eigenvalue weighted by molar-refractivity contribution is -0.135. The van der Waals surface area contributed by atoms with Crippen molar-refractivity contribution in [2.24, 2.45) is 0 Å². The number of carbonyl (C=O) groups excluding carboxylic acids is 1. The maximum absolute atomic E-state index is 11.7. The van der Waals surface area contributed by atoms with Crippen molar-refractivity contribution in [2.45, 2.75) is 19.0 Å². The molecule has 6 heteroatoms. The summed E-state index contributed by atoms with van der Waals surface area (Å²) < 4.78 is 35.1. The summed E-state index contributed by atoms with van der Waals surface area (Å²) in [5, 5.41) is 2.52. The smallest absolute Gasteiger partial charge is 0.336 e. The third kappa shape index (κ3) is 3.52. The SMILES string of the molecule is O=C1NCCN1CCCC(F)(F)F. The molecule has 0 spiro atoms. The monoisotopic (exact) mass is 196 g/mol. The van der Waals surface area contributed by atoms with Crippen LogP contribution in [0.3, 0.4) is 0 Å². The summed E-state index contributed by atoms with van der Waals surface area (Å²) in [6.07, 6.45) is -4.95. The molecular formula is C7H11F3N2O. The molecule has 0 bridgehead atoms. The number of hydrogen-bond acceptors (Lipinski definition) is 1. The summed E-state index contributed by atoms with van der Waals surface area (Å²) in [5.41, 5.74) is 0. The first-order valence-electron chi connectivity index (χ1n) is 4.08. The van der Waals surface area contributed by atoms with Crippen molar-refractivity contribution in [2.75, 3.05) is 19.6 Å². The van der Waals surface area contributed by atoms with Crippen LogP contribution in [0.25, 0.3) is 0 Å². The second kappa shape index (κ2) is 3.85. The molecule has 3 nitrogen and oxygen atoms in total. The molecule has 1 N–H and O–H groups in total. The first kappa shape index (κ1) is 10.1. The Morgan fingerprint density at radius 2 is 2.15 bits per heavy atom. The minimum atomic E-state index is -4.11. The molecule has 1 fully saturated rings. The van der Waals surface area contributed by atoms with Gasteiger partial charge in [0.15, 0.2) is 0 Å². The van der Waals surface area contributed by atoms with Crippen LogP contribution in [0.5, 0.6) is 0 Å². The number of amides is 2. The van der Waals surface area contributed by atoms with Gasteiger partial charge in [0.1, 0.15) is 0 Å². The average molecular weight is 196 g/mol. The highest BCUT2D eigenvalue weighted by Crippen LogP contribution is 2.21. The van der Waals surface area contributed by atoms with E-state index in [1.807, 2.05) is 0 Å². The molecular weight excluding hydrogens is 185 g/mol. The number of rotatable bonds is 3. The van der Waals surface area contributed by atoms with Crippen LogP contribution in [0.15, 0.2) is 0 Å². The summed E-state index contributed by atoms with van der Waals surface area (Å²) in [4.78, 5) is 12.3. The molecule has 0 atom stereocenters. The highest BCUT2D eigenvalue weighted by Gasteiger charge is 2.27. The molecule has 0 saturated carbocycles. The Labute approximate surface area is 73.9 Å². The lowest BCUT2D eigenvalue weighted by Crippen LogP contribution is -2.29. The number of nitrogens with one attached hydrogen (secondary N) is 1. The van der Waals surface area contributed by atoms with Crippen molar-refractivity contribution in [1.29, 1.82) is 0 Å². The zero-order chi connectivity index (χ0) is 9.90. The Hall–Kier alpha value is -0.940. The minimum absolute atomic E-state index is 0.0169. The van der Waals surface area contributed by atoms with Gasteiger partial charge in [-0.3, -0.25) is 0 Å². The number of carbonyl (C=O) groups is 1. The van der Waals surface area contributed by atoms with Crippen molar-refractivity contribution in [1.82, 2.24) is 10.2 Å². The van der Waals surface area contributed by atoms with Gasteiger partial charge >= 0.3 is 12.2 Å². The van der Waals surface area contributed by atoms with Crippen molar-refractivity contribution >= 4 is 6.03 Å². The van der Waals surface area contributed by atoms with Crippen LogP contribution in [0, 0.1) is 0 Å². The standard InChI is InChI=1S/C7H11F3N2O/c8-7(9,10)2-1-4-12-5-3-11-6(12)13/h1-5H2,(H,11,13). The Morgan fingerprint density at radius 3 is 2.62 bits per heavy atom. The minimum Gasteiger partial charge on any atom is -0.336 e. The molecule has 1 saturated heterocycles. The fourth-order valence-electron chi connectivity index (χ4n) is 1.19. The van der Waals surface area contributed by atoms with Gasteiger partial charge in [0, 0.05) is 26.1 Å².